The molecule has 1 rings (SSSR count). The van der Waals surface area contributed by atoms with Crippen molar-refractivity contribution in [3.63, 3.8) is 0 Å². The van der Waals surface area contributed by atoms with E-state index in [1.165, 1.54) is 57.1 Å². The monoisotopic (exact) mass is 458 g/mol. The highest BCUT2D eigenvalue weighted by molar-refractivity contribution is 8.77. The molecule has 1 heterocycles. The molecule has 1 aliphatic heterocycles. The third-order valence-electron chi connectivity index (χ3n) is 5.27. The molecule has 0 spiro atoms. The summed E-state index contributed by atoms with van der Waals surface area (Å²) in [6.07, 6.45) is 17.0. The van der Waals surface area contributed by atoms with Crippen LogP contribution >= 0.6 is 21.6 Å². The first-order chi connectivity index (χ1) is 14.6. The average molecular weight is 459 g/mol. The summed E-state index contributed by atoms with van der Waals surface area (Å²) in [4.78, 5) is 23.0. The summed E-state index contributed by atoms with van der Waals surface area (Å²) >= 11 is 0. The molecule has 0 bridgehead atoms. The second-order valence-corrected chi connectivity index (χ2v) is 11.0. The smallest absolute Gasteiger partial charge is 0.333 e. The Morgan fingerprint density at radius 2 is 1.40 bits per heavy atom. The van der Waals surface area contributed by atoms with Crippen molar-refractivity contribution in [2.24, 2.45) is 0 Å². The van der Waals surface area contributed by atoms with Crippen LogP contribution in [0.5, 0.6) is 0 Å². The summed E-state index contributed by atoms with van der Waals surface area (Å²) in [6, 6.07) is 0. The summed E-state index contributed by atoms with van der Waals surface area (Å²) in [6.45, 7) is 6.34. The van der Waals surface area contributed by atoms with E-state index in [0.717, 1.165) is 43.8 Å². The van der Waals surface area contributed by atoms with Gasteiger partial charge in [0, 0.05) is 23.0 Å². The van der Waals surface area contributed by atoms with E-state index in [4.69, 9.17) is 9.47 Å². The largest absolute Gasteiger partial charge is 0.466 e. The first-order valence-electron chi connectivity index (χ1n) is 11.9. The van der Waals surface area contributed by atoms with E-state index >= 15 is 0 Å². The van der Waals surface area contributed by atoms with Crippen LogP contribution in [0.4, 0.5) is 0 Å². The fourth-order valence-corrected chi connectivity index (χ4v) is 6.40. The Labute approximate surface area is 192 Å². The van der Waals surface area contributed by atoms with Gasteiger partial charge in [0.1, 0.15) is 0 Å². The Morgan fingerprint density at radius 3 is 1.93 bits per heavy atom. The first-order valence-corrected chi connectivity index (χ1v) is 14.2. The van der Waals surface area contributed by atoms with E-state index in [2.05, 4.69) is 6.58 Å². The lowest BCUT2D eigenvalue weighted by atomic mass is 10.1. The van der Waals surface area contributed by atoms with Gasteiger partial charge in [-0.2, -0.15) is 0 Å². The first kappa shape index (κ1) is 27.4. The Kier molecular flexibility index (Phi) is 17.4. The van der Waals surface area contributed by atoms with E-state index in [-0.39, 0.29) is 11.9 Å². The van der Waals surface area contributed by atoms with Crippen molar-refractivity contribution in [1.29, 1.82) is 0 Å². The highest BCUT2D eigenvalue weighted by Crippen LogP contribution is 2.39. The third-order valence-corrected chi connectivity index (χ3v) is 8.27. The zero-order valence-electron chi connectivity index (χ0n) is 19.0. The molecule has 6 heteroatoms. The van der Waals surface area contributed by atoms with Gasteiger partial charge in [-0.3, -0.25) is 4.79 Å². The molecule has 4 nitrogen and oxygen atoms in total. The number of carbonyl (C=O) groups is 2. The van der Waals surface area contributed by atoms with Crippen LogP contribution in [0.3, 0.4) is 0 Å². The van der Waals surface area contributed by atoms with Crippen molar-refractivity contribution in [2.75, 3.05) is 19.0 Å². The van der Waals surface area contributed by atoms with E-state index < -0.39 is 0 Å². The molecule has 0 aromatic heterocycles. The molecule has 1 atom stereocenters. The third kappa shape index (κ3) is 16.1. The minimum Gasteiger partial charge on any atom is -0.466 e. The molecule has 0 amide bonds. The topological polar surface area (TPSA) is 52.6 Å². The summed E-state index contributed by atoms with van der Waals surface area (Å²) in [5.74, 6) is 0.990. The fraction of sp³-hybridized carbons (Fsp3) is 0.833. The molecule has 1 fully saturated rings. The number of hydrogen-bond donors (Lipinski definition) is 0. The molecule has 1 saturated heterocycles. The van der Waals surface area contributed by atoms with Gasteiger partial charge in [-0.05, 0) is 39.0 Å². The lowest BCUT2D eigenvalue weighted by molar-refractivity contribution is -0.144. The van der Waals surface area contributed by atoms with Crippen molar-refractivity contribution in [2.45, 2.75) is 108 Å². The number of carbonyl (C=O) groups excluding carboxylic acids is 2. The Morgan fingerprint density at radius 1 is 0.833 bits per heavy atom. The van der Waals surface area contributed by atoms with Crippen molar-refractivity contribution >= 4 is 33.5 Å². The van der Waals surface area contributed by atoms with Gasteiger partial charge in [0.25, 0.3) is 0 Å². The van der Waals surface area contributed by atoms with Gasteiger partial charge in [-0.15, -0.1) is 0 Å². The van der Waals surface area contributed by atoms with Crippen molar-refractivity contribution < 1.29 is 19.1 Å². The summed E-state index contributed by atoms with van der Waals surface area (Å²) < 4.78 is 10.4. The van der Waals surface area contributed by atoms with E-state index in [1.807, 2.05) is 21.6 Å². The molecule has 1 aliphatic rings. The van der Waals surface area contributed by atoms with Gasteiger partial charge in [-0.25, -0.2) is 4.79 Å². The van der Waals surface area contributed by atoms with Crippen LogP contribution in [0.15, 0.2) is 12.2 Å². The highest BCUT2D eigenvalue weighted by Gasteiger charge is 2.15. The van der Waals surface area contributed by atoms with Crippen LogP contribution in [0, 0.1) is 0 Å². The number of unbranched alkanes of at least 4 members (excludes halogenated alkanes) is 10. The van der Waals surface area contributed by atoms with Crippen LogP contribution in [0.25, 0.3) is 0 Å². The van der Waals surface area contributed by atoms with Crippen molar-refractivity contribution in [3.05, 3.63) is 12.2 Å². The molecule has 0 saturated carbocycles. The van der Waals surface area contributed by atoms with E-state index in [0.29, 0.717) is 25.2 Å². The highest BCUT2D eigenvalue weighted by atomic mass is 33.1. The maximum Gasteiger partial charge on any atom is 0.333 e. The standard InChI is InChI=1S/C24H42O4S2/c1-21(2)24(26)28-19-14-10-8-6-4-3-5-7-9-13-18-27-23(25)16-12-11-15-22-17-20-29-30-22/h22H,1,3-20H2,2H3. The maximum atomic E-state index is 11.7. The minimum absolute atomic E-state index is 0.0159. The predicted molar refractivity (Wildman–Crippen MR) is 130 cm³/mol. The molecule has 174 valence electrons. The van der Waals surface area contributed by atoms with Crippen LogP contribution < -0.4 is 0 Å². The second-order valence-electron chi connectivity index (χ2n) is 8.25. The molecule has 0 aliphatic carbocycles. The average Bonchev–Trinajstić information content (AvgIpc) is 3.24. The number of ether oxygens (including phenoxy) is 2. The van der Waals surface area contributed by atoms with Crippen LogP contribution in [-0.2, 0) is 19.1 Å². The van der Waals surface area contributed by atoms with Gasteiger partial charge in [0.05, 0.1) is 13.2 Å². The Bertz CT molecular complexity index is 476. The van der Waals surface area contributed by atoms with E-state index in [1.54, 1.807) is 6.92 Å². The Balaban J connectivity index is 1.73. The predicted octanol–water partition coefficient (Wildman–Crippen LogP) is 7.26. The summed E-state index contributed by atoms with van der Waals surface area (Å²) in [7, 11) is 4.00. The van der Waals surface area contributed by atoms with Gasteiger partial charge >= 0.3 is 11.9 Å². The molecule has 0 radical (unpaired) electrons. The van der Waals surface area contributed by atoms with Crippen molar-refractivity contribution in [1.82, 2.24) is 0 Å². The van der Waals surface area contributed by atoms with E-state index in [9.17, 15) is 9.59 Å². The zero-order valence-corrected chi connectivity index (χ0v) is 20.6. The lowest BCUT2D eigenvalue weighted by Crippen LogP contribution is -2.06. The fourth-order valence-electron chi connectivity index (χ4n) is 3.37. The normalized spacial score (nSPS) is 15.8. The lowest BCUT2D eigenvalue weighted by Gasteiger charge is -2.07. The molecule has 1 unspecified atom stereocenters. The summed E-state index contributed by atoms with van der Waals surface area (Å²) in [5, 5.41) is 0.810. The number of hydrogen-bond acceptors (Lipinski definition) is 6. The SMILES string of the molecule is C=C(C)C(=O)OCCCCCCCCCCCCOC(=O)CCCCC1CCSS1. The molecule has 30 heavy (non-hydrogen) atoms. The minimum atomic E-state index is -0.280. The van der Waals surface area contributed by atoms with Gasteiger partial charge < -0.3 is 9.47 Å². The molecular weight excluding hydrogens is 416 g/mol. The molecule has 0 aromatic rings. The van der Waals surface area contributed by atoms with Gasteiger partial charge in [-0.1, -0.05) is 86.0 Å². The van der Waals surface area contributed by atoms with Crippen LogP contribution in [0.2, 0.25) is 0 Å². The Hall–Kier alpha value is -0.620. The van der Waals surface area contributed by atoms with Crippen molar-refractivity contribution in [3.8, 4) is 0 Å². The maximum absolute atomic E-state index is 11.7. The van der Waals surface area contributed by atoms with Crippen LogP contribution in [-0.4, -0.2) is 36.2 Å². The number of rotatable bonds is 19. The quantitative estimate of drug-likeness (QED) is 0.0878. The molecule has 0 aromatic carbocycles. The summed E-state index contributed by atoms with van der Waals surface area (Å²) in [5.41, 5.74) is 0.469. The van der Waals surface area contributed by atoms with Crippen LogP contribution in [0.1, 0.15) is 103 Å². The number of esters is 2. The van der Waals surface area contributed by atoms with Gasteiger partial charge in [0.2, 0.25) is 0 Å². The molecule has 0 N–H and O–H groups in total. The second kappa shape index (κ2) is 19.1. The van der Waals surface area contributed by atoms with Gasteiger partial charge in [0.15, 0.2) is 0 Å². The zero-order chi connectivity index (χ0) is 21.9. The molecular formula is C24H42O4S2.